The molecule has 1 aromatic carbocycles. The Morgan fingerprint density at radius 1 is 1.25 bits per heavy atom. The second kappa shape index (κ2) is 6.54. The summed E-state index contributed by atoms with van der Waals surface area (Å²) >= 11 is 0. The van der Waals surface area contributed by atoms with E-state index in [0.29, 0.717) is 5.75 Å². The smallest absolute Gasteiger partial charge is 0.120 e. The summed E-state index contributed by atoms with van der Waals surface area (Å²) in [5.74, 6) is 0.410. The van der Waals surface area contributed by atoms with Crippen LogP contribution in [0.25, 0.3) is 0 Å². The van der Waals surface area contributed by atoms with Crippen molar-refractivity contribution >= 4 is 0 Å². The first-order valence-electron chi connectivity index (χ1n) is 6.10. The van der Waals surface area contributed by atoms with Crippen LogP contribution in [0.15, 0.2) is 18.2 Å². The molecule has 0 saturated carbocycles. The van der Waals surface area contributed by atoms with Crippen molar-refractivity contribution in [2.75, 3.05) is 13.6 Å². The van der Waals surface area contributed by atoms with Gasteiger partial charge in [-0.2, -0.15) is 0 Å². The van der Waals surface area contributed by atoms with Crippen molar-refractivity contribution in [1.82, 2.24) is 4.90 Å². The molecule has 0 unspecified atom stereocenters. The lowest BCUT2D eigenvalue weighted by Crippen LogP contribution is -2.19. The zero-order valence-electron chi connectivity index (χ0n) is 10.7. The van der Waals surface area contributed by atoms with Gasteiger partial charge in [0.05, 0.1) is 0 Å². The molecule has 16 heavy (non-hydrogen) atoms. The van der Waals surface area contributed by atoms with Crippen LogP contribution in [0, 0.1) is 6.92 Å². The Balaban J connectivity index is 2.48. The maximum Gasteiger partial charge on any atom is 0.120 e. The summed E-state index contributed by atoms with van der Waals surface area (Å²) in [5.41, 5.74) is 2.23. The maximum absolute atomic E-state index is 9.73. The summed E-state index contributed by atoms with van der Waals surface area (Å²) in [7, 11) is 2.11. The number of nitrogens with zero attached hydrogens (tertiary/aromatic N) is 1. The predicted molar refractivity (Wildman–Crippen MR) is 68.7 cm³/mol. The van der Waals surface area contributed by atoms with E-state index in [-0.39, 0.29) is 0 Å². The minimum Gasteiger partial charge on any atom is -0.508 e. The molecule has 0 saturated heterocycles. The number of unbranched alkanes of at least 4 members (excludes halogenated alkanes) is 2. The number of aryl methyl sites for hydroxylation is 1. The summed E-state index contributed by atoms with van der Waals surface area (Å²) in [6.45, 7) is 6.20. The third kappa shape index (κ3) is 4.23. The van der Waals surface area contributed by atoms with Crippen molar-refractivity contribution in [2.24, 2.45) is 0 Å². The number of phenolic OH excluding ortho intramolecular Hbond substituents is 1. The van der Waals surface area contributed by atoms with Gasteiger partial charge in [0.15, 0.2) is 0 Å². The van der Waals surface area contributed by atoms with Gasteiger partial charge >= 0.3 is 0 Å². The molecule has 1 aromatic rings. The van der Waals surface area contributed by atoms with Crippen molar-refractivity contribution in [2.45, 2.75) is 39.7 Å². The molecule has 0 spiro atoms. The molecule has 0 radical (unpaired) electrons. The van der Waals surface area contributed by atoms with Crippen LogP contribution in [0.3, 0.4) is 0 Å². The molecule has 0 atom stereocenters. The molecule has 2 nitrogen and oxygen atoms in total. The number of aromatic hydroxyl groups is 1. The highest BCUT2D eigenvalue weighted by atomic mass is 16.3. The van der Waals surface area contributed by atoms with E-state index in [1.165, 1.54) is 24.8 Å². The second-order valence-corrected chi connectivity index (χ2v) is 4.58. The third-order valence-corrected chi connectivity index (χ3v) is 2.82. The Bertz CT molecular complexity index is 323. The first kappa shape index (κ1) is 13.0. The standard InChI is InChI=1S/C14H23NO/c1-4-5-6-9-15(3)11-13-10-12(2)7-8-14(13)16/h7-8,10,16H,4-6,9,11H2,1-3H3. The van der Waals surface area contributed by atoms with Crippen LogP contribution < -0.4 is 0 Å². The minimum atomic E-state index is 0.410. The van der Waals surface area contributed by atoms with Crippen LogP contribution >= 0.6 is 0 Å². The van der Waals surface area contributed by atoms with Crippen molar-refractivity contribution in [1.29, 1.82) is 0 Å². The van der Waals surface area contributed by atoms with Crippen LogP contribution in [0.2, 0.25) is 0 Å². The molecule has 0 aliphatic rings. The quantitative estimate of drug-likeness (QED) is 0.745. The average molecular weight is 221 g/mol. The lowest BCUT2D eigenvalue weighted by Gasteiger charge is -2.17. The number of benzene rings is 1. The molecule has 1 N–H and O–H groups in total. The SMILES string of the molecule is CCCCCN(C)Cc1cc(C)ccc1O. The topological polar surface area (TPSA) is 23.5 Å². The molecule has 2 heteroatoms. The van der Waals surface area contributed by atoms with Crippen LogP contribution in [0.4, 0.5) is 0 Å². The molecular weight excluding hydrogens is 198 g/mol. The third-order valence-electron chi connectivity index (χ3n) is 2.82. The molecule has 0 heterocycles. The Labute approximate surface area is 98.9 Å². The molecular formula is C14H23NO. The molecule has 0 amide bonds. The van der Waals surface area contributed by atoms with Crippen molar-refractivity contribution < 1.29 is 5.11 Å². The maximum atomic E-state index is 9.73. The number of phenols is 1. The van der Waals surface area contributed by atoms with Gasteiger partial charge in [0.2, 0.25) is 0 Å². The minimum absolute atomic E-state index is 0.410. The van der Waals surface area contributed by atoms with Crippen molar-refractivity contribution in [3.63, 3.8) is 0 Å². The van der Waals surface area contributed by atoms with Gasteiger partial charge < -0.3 is 10.0 Å². The van der Waals surface area contributed by atoms with Gasteiger partial charge in [-0.25, -0.2) is 0 Å². The number of hydrogen-bond acceptors (Lipinski definition) is 2. The molecule has 0 bridgehead atoms. The molecule has 0 aliphatic carbocycles. The van der Waals surface area contributed by atoms with Crippen LogP contribution in [0.5, 0.6) is 5.75 Å². The lowest BCUT2D eigenvalue weighted by atomic mass is 10.1. The van der Waals surface area contributed by atoms with E-state index < -0.39 is 0 Å². The number of rotatable bonds is 6. The van der Waals surface area contributed by atoms with Crippen LogP contribution in [-0.4, -0.2) is 23.6 Å². The monoisotopic (exact) mass is 221 g/mol. The fraction of sp³-hybridized carbons (Fsp3) is 0.571. The largest absolute Gasteiger partial charge is 0.508 e. The van der Waals surface area contributed by atoms with Gasteiger partial charge in [0, 0.05) is 12.1 Å². The van der Waals surface area contributed by atoms with Crippen molar-refractivity contribution in [3.8, 4) is 5.75 Å². The zero-order chi connectivity index (χ0) is 12.0. The Morgan fingerprint density at radius 3 is 2.69 bits per heavy atom. The fourth-order valence-corrected chi connectivity index (χ4v) is 1.84. The summed E-state index contributed by atoms with van der Waals surface area (Å²) in [4.78, 5) is 2.27. The van der Waals surface area contributed by atoms with E-state index in [9.17, 15) is 5.11 Å². The van der Waals surface area contributed by atoms with Gasteiger partial charge in [-0.15, -0.1) is 0 Å². The van der Waals surface area contributed by atoms with E-state index in [2.05, 4.69) is 31.9 Å². The van der Waals surface area contributed by atoms with E-state index in [4.69, 9.17) is 0 Å². The summed E-state index contributed by atoms with van der Waals surface area (Å²) < 4.78 is 0. The summed E-state index contributed by atoms with van der Waals surface area (Å²) in [6, 6.07) is 5.78. The molecule has 0 aliphatic heterocycles. The highest BCUT2D eigenvalue weighted by molar-refractivity contribution is 5.35. The Kier molecular flexibility index (Phi) is 5.33. The first-order valence-corrected chi connectivity index (χ1v) is 6.10. The van der Waals surface area contributed by atoms with Gasteiger partial charge in [0.25, 0.3) is 0 Å². The second-order valence-electron chi connectivity index (χ2n) is 4.58. The normalized spacial score (nSPS) is 11.0. The van der Waals surface area contributed by atoms with Gasteiger partial charge in [-0.3, -0.25) is 0 Å². The Morgan fingerprint density at radius 2 is 2.00 bits per heavy atom. The van der Waals surface area contributed by atoms with Gasteiger partial charge in [-0.05, 0) is 33.0 Å². The van der Waals surface area contributed by atoms with E-state index in [1.54, 1.807) is 6.07 Å². The summed E-state index contributed by atoms with van der Waals surface area (Å²) in [6.07, 6.45) is 3.77. The average Bonchev–Trinajstić information content (AvgIpc) is 2.24. The van der Waals surface area contributed by atoms with Crippen LogP contribution in [0.1, 0.15) is 37.3 Å². The van der Waals surface area contributed by atoms with Crippen LogP contribution in [-0.2, 0) is 6.54 Å². The van der Waals surface area contributed by atoms with Gasteiger partial charge in [-0.1, -0.05) is 37.5 Å². The molecule has 90 valence electrons. The zero-order valence-corrected chi connectivity index (χ0v) is 10.7. The Hall–Kier alpha value is -1.02. The predicted octanol–water partition coefficient (Wildman–Crippen LogP) is 3.32. The van der Waals surface area contributed by atoms with E-state index >= 15 is 0 Å². The van der Waals surface area contributed by atoms with E-state index in [0.717, 1.165) is 18.7 Å². The molecule has 0 fully saturated rings. The van der Waals surface area contributed by atoms with Crippen molar-refractivity contribution in [3.05, 3.63) is 29.3 Å². The highest BCUT2D eigenvalue weighted by Gasteiger charge is 2.04. The van der Waals surface area contributed by atoms with E-state index in [1.807, 2.05) is 6.07 Å². The highest BCUT2D eigenvalue weighted by Crippen LogP contribution is 2.19. The fourth-order valence-electron chi connectivity index (χ4n) is 1.84. The molecule has 1 rings (SSSR count). The number of hydrogen-bond donors (Lipinski definition) is 1. The van der Waals surface area contributed by atoms with Gasteiger partial charge in [0.1, 0.15) is 5.75 Å². The molecule has 0 aromatic heterocycles. The lowest BCUT2D eigenvalue weighted by molar-refractivity contribution is 0.312. The summed E-state index contributed by atoms with van der Waals surface area (Å²) in [5, 5.41) is 9.73. The first-order chi connectivity index (χ1) is 7.63.